The first kappa shape index (κ1) is 22.6. The Bertz CT molecular complexity index is 1000. The molecule has 2 heterocycles. The minimum atomic E-state index is -4.34. The fourth-order valence-corrected chi connectivity index (χ4v) is 4.32. The second-order valence-electron chi connectivity index (χ2n) is 8.08. The lowest BCUT2D eigenvalue weighted by atomic mass is 10.1. The number of carbonyl (C=O) groups excluding carboxylic acids is 2. The number of benzene rings is 2. The number of rotatable bonds is 4. The highest BCUT2D eigenvalue weighted by molar-refractivity contribution is 6.34. The summed E-state index contributed by atoms with van der Waals surface area (Å²) in [7, 11) is 0. The molecule has 2 aliphatic rings. The monoisotopic (exact) mass is 465 g/mol. The molecule has 0 bridgehead atoms. The van der Waals surface area contributed by atoms with Crippen molar-refractivity contribution < 1.29 is 22.8 Å². The Labute approximate surface area is 189 Å². The summed E-state index contributed by atoms with van der Waals surface area (Å²) in [5.41, 5.74) is 1.20. The van der Waals surface area contributed by atoms with Gasteiger partial charge in [-0.05, 0) is 42.3 Å². The van der Waals surface area contributed by atoms with Gasteiger partial charge in [0.05, 0.1) is 16.3 Å². The number of hydrogen-bond acceptors (Lipinski definition) is 3. The van der Waals surface area contributed by atoms with Gasteiger partial charge >= 0.3 is 6.18 Å². The summed E-state index contributed by atoms with van der Waals surface area (Å²) in [4.78, 5) is 30.6. The van der Waals surface area contributed by atoms with Crippen LogP contribution in [0.1, 0.15) is 34.3 Å². The summed E-state index contributed by atoms with van der Waals surface area (Å²) >= 11 is 6.28. The molecule has 32 heavy (non-hydrogen) atoms. The number of piperazine rings is 1. The maximum atomic E-state index is 13.0. The smallest absolute Gasteiger partial charge is 0.336 e. The van der Waals surface area contributed by atoms with Gasteiger partial charge in [-0.3, -0.25) is 14.5 Å². The minimum absolute atomic E-state index is 0.00776. The molecule has 2 fully saturated rings. The Morgan fingerprint density at radius 3 is 2.25 bits per heavy atom. The molecular weight excluding hydrogens is 443 g/mol. The average Bonchev–Trinajstić information content (AvgIpc) is 3.19. The van der Waals surface area contributed by atoms with E-state index in [2.05, 4.69) is 4.90 Å². The van der Waals surface area contributed by atoms with E-state index >= 15 is 0 Å². The first-order valence-electron chi connectivity index (χ1n) is 10.5. The number of alkyl halides is 3. The van der Waals surface area contributed by atoms with Gasteiger partial charge in [-0.2, -0.15) is 13.2 Å². The normalized spacial score (nSPS) is 17.8. The summed E-state index contributed by atoms with van der Waals surface area (Å²) in [5, 5.41) is 0.443. The molecule has 0 aliphatic carbocycles. The van der Waals surface area contributed by atoms with E-state index < -0.39 is 11.7 Å². The van der Waals surface area contributed by atoms with Crippen LogP contribution in [-0.4, -0.2) is 54.3 Å². The van der Waals surface area contributed by atoms with Crippen molar-refractivity contribution in [2.24, 2.45) is 0 Å². The summed E-state index contributed by atoms with van der Waals surface area (Å²) in [6, 6.07) is 10.2. The zero-order chi connectivity index (χ0) is 22.9. The zero-order valence-electron chi connectivity index (χ0n) is 17.4. The topological polar surface area (TPSA) is 43.9 Å². The number of nitrogens with zero attached hydrogens (tertiary/aromatic N) is 3. The van der Waals surface area contributed by atoms with Crippen LogP contribution in [0.5, 0.6) is 0 Å². The maximum Gasteiger partial charge on any atom is 0.416 e. The largest absolute Gasteiger partial charge is 0.416 e. The van der Waals surface area contributed by atoms with Crippen LogP contribution in [0.4, 0.5) is 18.9 Å². The van der Waals surface area contributed by atoms with Crippen LogP contribution in [0.3, 0.4) is 0 Å². The number of halogens is 4. The summed E-state index contributed by atoms with van der Waals surface area (Å²) in [6.45, 7) is 3.40. The van der Waals surface area contributed by atoms with Crippen molar-refractivity contribution in [3.8, 4) is 0 Å². The maximum absolute atomic E-state index is 13.0. The molecule has 0 radical (unpaired) electrons. The third kappa shape index (κ3) is 4.91. The Balaban J connectivity index is 1.36. The van der Waals surface area contributed by atoms with Crippen molar-refractivity contribution in [3.63, 3.8) is 0 Å². The molecule has 4 rings (SSSR count). The quantitative estimate of drug-likeness (QED) is 0.670. The van der Waals surface area contributed by atoms with Crippen molar-refractivity contribution in [1.82, 2.24) is 9.80 Å². The van der Waals surface area contributed by atoms with Crippen molar-refractivity contribution >= 4 is 29.1 Å². The fraction of sp³-hybridized carbons (Fsp3) is 0.391. The van der Waals surface area contributed by atoms with Gasteiger partial charge in [0.15, 0.2) is 0 Å². The van der Waals surface area contributed by atoms with Gasteiger partial charge < -0.3 is 9.80 Å². The first-order chi connectivity index (χ1) is 15.2. The van der Waals surface area contributed by atoms with E-state index in [-0.39, 0.29) is 11.8 Å². The van der Waals surface area contributed by atoms with Gasteiger partial charge in [0.2, 0.25) is 5.91 Å². The van der Waals surface area contributed by atoms with Gasteiger partial charge in [0.1, 0.15) is 0 Å². The highest BCUT2D eigenvalue weighted by atomic mass is 35.5. The second kappa shape index (κ2) is 9.11. The van der Waals surface area contributed by atoms with Gasteiger partial charge in [-0.1, -0.05) is 23.7 Å². The molecule has 0 N–H and O–H groups in total. The average molecular weight is 466 g/mol. The lowest BCUT2D eigenvalue weighted by Gasteiger charge is -2.35. The molecule has 0 unspecified atom stereocenters. The van der Waals surface area contributed by atoms with E-state index in [1.54, 1.807) is 28.0 Å². The molecular formula is C23H23ClF3N3O2. The Morgan fingerprint density at radius 2 is 1.66 bits per heavy atom. The van der Waals surface area contributed by atoms with E-state index in [9.17, 15) is 22.8 Å². The van der Waals surface area contributed by atoms with Crippen molar-refractivity contribution in [3.05, 3.63) is 64.2 Å². The highest BCUT2D eigenvalue weighted by Gasteiger charge is 2.30. The van der Waals surface area contributed by atoms with E-state index in [4.69, 9.17) is 11.6 Å². The number of anilines is 1. The third-order valence-corrected chi connectivity index (χ3v) is 6.22. The second-order valence-corrected chi connectivity index (χ2v) is 8.49. The Kier molecular flexibility index (Phi) is 6.44. The highest BCUT2D eigenvalue weighted by Crippen LogP contribution is 2.31. The van der Waals surface area contributed by atoms with Crippen LogP contribution in [-0.2, 0) is 17.5 Å². The SMILES string of the molecule is O=C(c1ccc(Cl)c(N2CCCC2=O)c1)N1CCN(Cc2ccc(C(F)(F)F)cc2)CC1. The van der Waals surface area contributed by atoms with Gasteiger partial charge in [0.25, 0.3) is 5.91 Å². The van der Waals surface area contributed by atoms with Gasteiger partial charge in [0, 0.05) is 51.3 Å². The van der Waals surface area contributed by atoms with Crippen LogP contribution >= 0.6 is 11.6 Å². The lowest BCUT2D eigenvalue weighted by molar-refractivity contribution is -0.137. The molecule has 5 nitrogen and oxygen atoms in total. The van der Waals surface area contributed by atoms with Crippen molar-refractivity contribution in [2.45, 2.75) is 25.6 Å². The molecule has 2 aliphatic heterocycles. The van der Waals surface area contributed by atoms with Gasteiger partial charge in [-0.25, -0.2) is 0 Å². The molecule has 2 amide bonds. The van der Waals surface area contributed by atoms with Crippen LogP contribution in [0.2, 0.25) is 5.02 Å². The van der Waals surface area contributed by atoms with E-state index in [0.29, 0.717) is 62.0 Å². The van der Waals surface area contributed by atoms with Crippen LogP contribution in [0, 0.1) is 0 Å². The van der Waals surface area contributed by atoms with Crippen LogP contribution < -0.4 is 4.90 Å². The molecule has 2 saturated heterocycles. The van der Waals surface area contributed by atoms with E-state index in [1.165, 1.54) is 12.1 Å². The summed E-state index contributed by atoms with van der Waals surface area (Å²) in [6.07, 6.45) is -3.09. The zero-order valence-corrected chi connectivity index (χ0v) is 18.1. The number of hydrogen-bond donors (Lipinski definition) is 0. The van der Waals surface area contributed by atoms with Crippen molar-refractivity contribution in [1.29, 1.82) is 0 Å². The van der Waals surface area contributed by atoms with Crippen LogP contribution in [0.15, 0.2) is 42.5 Å². The van der Waals surface area contributed by atoms with E-state index in [1.807, 2.05) is 0 Å². The summed E-state index contributed by atoms with van der Waals surface area (Å²) < 4.78 is 38.1. The van der Waals surface area contributed by atoms with Crippen LogP contribution in [0.25, 0.3) is 0 Å². The lowest BCUT2D eigenvalue weighted by Crippen LogP contribution is -2.48. The molecule has 0 atom stereocenters. The number of carbonyl (C=O) groups is 2. The third-order valence-electron chi connectivity index (χ3n) is 5.90. The predicted molar refractivity (Wildman–Crippen MR) is 116 cm³/mol. The molecule has 170 valence electrons. The molecule has 0 spiro atoms. The minimum Gasteiger partial charge on any atom is -0.336 e. The summed E-state index contributed by atoms with van der Waals surface area (Å²) in [5.74, 6) is -0.114. The first-order valence-corrected chi connectivity index (χ1v) is 10.9. The standard InChI is InChI=1S/C23H23ClF3N3O2/c24-19-8-5-17(14-20(19)30-9-1-2-21(30)31)22(32)29-12-10-28(11-13-29)15-16-3-6-18(7-4-16)23(25,26)27/h3-8,14H,1-2,9-13,15H2. The van der Waals surface area contributed by atoms with Gasteiger partial charge in [-0.15, -0.1) is 0 Å². The number of amides is 2. The van der Waals surface area contributed by atoms with E-state index in [0.717, 1.165) is 24.1 Å². The predicted octanol–water partition coefficient (Wildman–Crippen LogP) is 4.44. The molecule has 2 aromatic carbocycles. The fourth-order valence-electron chi connectivity index (χ4n) is 4.10. The molecule has 0 aromatic heterocycles. The van der Waals surface area contributed by atoms with Crippen molar-refractivity contribution in [2.75, 3.05) is 37.6 Å². The Hall–Kier alpha value is -2.58. The Morgan fingerprint density at radius 1 is 0.969 bits per heavy atom. The molecule has 9 heteroatoms. The molecule has 0 saturated carbocycles. The molecule has 2 aromatic rings.